The fourth-order valence-electron chi connectivity index (χ4n) is 7.57. The van der Waals surface area contributed by atoms with Gasteiger partial charge in [-0.2, -0.15) is 18.3 Å². The van der Waals surface area contributed by atoms with Gasteiger partial charge in [0.15, 0.2) is 5.65 Å². The van der Waals surface area contributed by atoms with Crippen LogP contribution < -0.4 is 10.6 Å². The molecule has 5 aromatic rings. The van der Waals surface area contributed by atoms with Crippen molar-refractivity contribution in [2.75, 3.05) is 31.5 Å². The maximum atomic E-state index is 15.8. The molecule has 2 fully saturated rings. The number of alkyl halides is 3. The average molecular weight is 793 g/mol. The number of amides is 4. The number of carbonyl (C=O) groups is 4. The molecule has 2 saturated heterocycles. The Morgan fingerprint density at radius 3 is 2.43 bits per heavy atom. The predicted molar refractivity (Wildman–Crippen MR) is 203 cm³/mol. The second kappa shape index (κ2) is 15.5. The Morgan fingerprint density at radius 2 is 1.69 bits per heavy atom. The van der Waals surface area contributed by atoms with Crippen molar-refractivity contribution in [2.24, 2.45) is 0 Å². The molecule has 3 aliphatic rings. The highest BCUT2D eigenvalue weighted by molar-refractivity contribution is 6.06. The number of rotatable bonds is 7. The van der Waals surface area contributed by atoms with E-state index < -0.39 is 47.2 Å². The van der Waals surface area contributed by atoms with Crippen LogP contribution in [0.3, 0.4) is 0 Å². The van der Waals surface area contributed by atoms with Crippen molar-refractivity contribution in [3.05, 3.63) is 129 Å². The highest BCUT2D eigenvalue weighted by Gasteiger charge is 2.41. The van der Waals surface area contributed by atoms with Crippen LogP contribution in [0.15, 0.2) is 73.1 Å². The minimum absolute atomic E-state index is 0.00536. The first kappa shape index (κ1) is 38.4. The smallest absolute Gasteiger partial charge is 0.322 e. The first-order valence-electron chi connectivity index (χ1n) is 18.6. The molecule has 0 bridgehead atoms. The molecule has 3 aromatic carbocycles. The number of aryl methyl sites for hydroxylation is 1. The van der Waals surface area contributed by atoms with E-state index in [9.17, 15) is 32.3 Å². The molecule has 8 rings (SSSR count). The molecule has 0 radical (unpaired) electrons. The zero-order valence-electron chi connectivity index (χ0n) is 31.2. The van der Waals surface area contributed by atoms with Crippen molar-refractivity contribution < 1.29 is 36.7 Å². The summed E-state index contributed by atoms with van der Waals surface area (Å²) < 4.78 is 60.6. The van der Waals surface area contributed by atoms with Crippen LogP contribution in [-0.2, 0) is 35.4 Å². The lowest BCUT2D eigenvalue weighted by molar-refractivity contribution is -0.139. The number of hydrogen-bond donors (Lipinski definition) is 2. The Kier molecular flexibility index (Phi) is 10.3. The molecular formula is C42H36F4N8O4. The summed E-state index contributed by atoms with van der Waals surface area (Å²) >= 11 is 0. The predicted octanol–water partition coefficient (Wildman–Crippen LogP) is 4.93. The van der Waals surface area contributed by atoms with E-state index in [1.54, 1.807) is 59.4 Å². The summed E-state index contributed by atoms with van der Waals surface area (Å²) in [7, 11) is 0. The fourth-order valence-corrected chi connectivity index (χ4v) is 7.57. The Bertz CT molecular complexity index is 2550. The average Bonchev–Trinajstić information content (AvgIpc) is 3.77. The highest BCUT2D eigenvalue weighted by atomic mass is 19.4. The SMILES string of the molecule is Cc1ccc(C(=O)Nc2ccc(CN3CCN(Cc4ccc5c(c4F)CN(C4CCC(=O)NC4=O)C5=O)CC3)c(C(F)(F)F)c2)cc1C#Cc1cnc2cccnn12. The zero-order chi connectivity index (χ0) is 40.7. The van der Waals surface area contributed by atoms with Gasteiger partial charge in [-0.15, -0.1) is 0 Å². The third kappa shape index (κ3) is 7.78. The number of imide groups is 1. The van der Waals surface area contributed by atoms with Gasteiger partial charge in [-0.25, -0.2) is 13.9 Å². The molecule has 1 unspecified atom stereocenters. The van der Waals surface area contributed by atoms with E-state index in [-0.39, 0.29) is 60.4 Å². The van der Waals surface area contributed by atoms with Gasteiger partial charge in [0.1, 0.15) is 17.6 Å². The molecule has 58 heavy (non-hydrogen) atoms. The molecule has 2 aromatic heterocycles. The van der Waals surface area contributed by atoms with Gasteiger partial charge in [-0.1, -0.05) is 24.1 Å². The summed E-state index contributed by atoms with van der Waals surface area (Å²) in [5.41, 5.74) is 2.75. The molecule has 12 nitrogen and oxygen atoms in total. The molecule has 16 heteroatoms. The van der Waals surface area contributed by atoms with E-state index in [0.717, 1.165) is 11.6 Å². The van der Waals surface area contributed by atoms with E-state index in [1.807, 2.05) is 16.7 Å². The number of halogens is 4. The molecule has 0 aliphatic carbocycles. The number of nitrogens with one attached hydrogen (secondary N) is 2. The zero-order valence-corrected chi connectivity index (χ0v) is 31.2. The molecule has 296 valence electrons. The number of imidazole rings is 1. The number of hydrogen-bond acceptors (Lipinski definition) is 8. The summed E-state index contributed by atoms with van der Waals surface area (Å²) in [5.74, 6) is 3.51. The van der Waals surface area contributed by atoms with Gasteiger partial charge >= 0.3 is 6.18 Å². The molecule has 2 N–H and O–H groups in total. The van der Waals surface area contributed by atoms with E-state index in [2.05, 4.69) is 32.6 Å². The molecule has 0 spiro atoms. The summed E-state index contributed by atoms with van der Waals surface area (Å²) in [6.45, 7) is 3.79. The minimum atomic E-state index is -4.68. The Morgan fingerprint density at radius 1 is 0.948 bits per heavy atom. The number of anilines is 1. The number of piperidine rings is 1. The van der Waals surface area contributed by atoms with Gasteiger partial charge in [0.25, 0.3) is 11.8 Å². The van der Waals surface area contributed by atoms with Gasteiger partial charge < -0.3 is 10.2 Å². The van der Waals surface area contributed by atoms with Crippen LogP contribution in [0.4, 0.5) is 23.2 Å². The van der Waals surface area contributed by atoms with Crippen LogP contribution in [0, 0.1) is 24.6 Å². The van der Waals surface area contributed by atoms with Crippen LogP contribution in [0.25, 0.3) is 5.65 Å². The summed E-state index contributed by atoms with van der Waals surface area (Å²) in [4.78, 5) is 59.8. The summed E-state index contributed by atoms with van der Waals surface area (Å²) in [5, 5.41) is 9.08. The van der Waals surface area contributed by atoms with Crippen molar-refractivity contribution in [1.29, 1.82) is 0 Å². The van der Waals surface area contributed by atoms with Gasteiger partial charge in [-0.3, -0.25) is 34.3 Å². The fraction of sp³-hybridized carbons (Fsp3) is 0.286. The lowest BCUT2D eigenvalue weighted by atomic mass is 10.0. The van der Waals surface area contributed by atoms with E-state index >= 15 is 4.39 Å². The largest absolute Gasteiger partial charge is 0.416 e. The minimum Gasteiger partial charge on any atom is -0.322 e. The van der Waals surface area contributed by atoms with Crippen molar-refractivity contribution in [2.45, 2.75) is 51.6 Å². The number of aromatic nitrogens is 3. The van der Waals surface area contributed by atoms with Crippen molar-refractivity contribution in [3.8, 4) is 11.8 Å². The topological polar surface area (TPSA) is 132 Å². The monoisotopic (exact) mass is 792 g/mol. The Labute approximate surface area is 329 Å². The molecule has 0 saturated carbocycles. The van der Waals surface area contributed by atoms with Gasteiger partial charge in [0.2, 0.25) is 11.8 Å². The normalized spacial score (nSPS) is 17.6. The van der Waals surface area contributed by atoms with Crippen LogP contribution in [0.1, 0.15) is 72.6 Å². The quantitative estimate of drug-likeness (QED) is 0.135. The molecule has 4 amide bonds. The third-order valence-electron chi connectivity index (χ3n) is 10.8. The second-order valence-corrected chi connectivity index (χ2v) is 14.6. The van der Waals surface area contributed by atoms with Gasteiger partial charge in [0.05, 0.1) is 18.3 Å². The number of piperazine rings is 1. The molecule has 3 aliphatic heterocycles. The van der Waals surface area contributed by atoms with Crippen LogP contribution in [0.2, 0.25) is 0 Å². The third-order valence-corrected chi connectivity index (χ3v) is 10.8. The summed E-state index contributed by atoms with van der Waals surface area (Å²) in [6, 6.07) is 14.5. The van der Waals surface area contributed by atoms with E-state index in [4.69, 9.17) is 0 Å². The van der Waals surface area contributed by atoms with Gasteiger partial charge in [0, 0.05) is 85.4 Å². The first-order valence-corrected chi connectivity index (χ1v) is 18.6. The molecule has 5 heterocycles. The first-order chi connectivity index (χ1) is 27.8. The van der Waals surface area contributed by atoms with Crippen LogP contribution >= 0.6 is 0 Å². The standard InChI is InChI=1S/C42H36F4N8O4/c1-25-4-5-27(19-26(25)7-10-31-21-47-36-3-2-14-48-54(31)36)39(56)49-30-9-6-28(34(20-30)42(44,45)46)22-51-15-17-52(18-16-51)23-29-8-11-32-33(38(29)43)24-53(41(32)58)35-12-13-37(55)50-40(35)57/h2-6,8-9,11,14,19-21,35H,12-13,15-18,22-24H2,1H3,(H,49,56)(H,50,55,57). The maximum absolute atomic E-state index is 15.8. The number of fused-ring (bicyclic) bond motifs is 2. The molecule has 1 atom stereocenters. The maximum Gasteiger partial charge on any atom is 0.416 e. The lowest BCUT2D eigenvalue weighted by Crippen LogP contribution is -2.52. The Hall–Kier alpha value is -6.44. The van der Waals surface area contributed by atoms with E-state index in [0.29, 0.717) is 48.6 Å². The van der Waals surface area contributed by atoms with E-state index in [1.165, 1.54) is 17.0 Å². The van der Waals surface area contributed by atoms with Crippen molar-refractivity contribution in [1.82, 2.24) is 34.6 Å². The number of nitrogens with zero attached hydrogens (tertiary/aromatic N) is 6. The van der Waals surface area contributed by atoms with Crippen LogP contribution in [0.5, 0.6) is 0 Å². The molecular weight excluding hydrogens is 757 g/mol. The summed E-state index contributed by atoms with van der Waals surface area (Å²) in [6.07, 6.45) is -1.21. The van der Waals surface area contributed by atoms with Gasteiger partial charge in [-0.05, 0) is 72.9 Å². The lowest BCUT2D eigenvalue weighted by Gasteiger charge is -2.35. The second-order valence-electron chi connectivity index (χ2n) is 14.6. The number of benzene rings is 3. The van der Waals surface area contributed by atoms with Crippen LogP contribution in [-0.4, -0.2) is 85.1 Å². The van der Waals surface area contributed by atoms with Crippen molar-refractivity contribution in [3.63, 3.8) is 0 Å². The number of carbonyl (C=O) groups excluding carboxylic acids is 4. The highest BCUT2D eigenvalue weighted by Crippen LogP contribution is 2.35. The Balaban J connectivity index is 0.893. The van der Waals surface area contributed by atoms with Crippen molar-refractivity contribution >= 4 is 35.0 Å².